The Kier molecular flexibility index (Phi) is 6.60. The summed E-state index contributed by atoms with van der Waals surface area (Å²) in [7, 11) is -3.30. The average molecular weight is 331 g/mol. The minimum Gasteiger partial charge on any atom is -0.355 e. The lowest BCUT2D eigenvalue weighted by atomic mass is 10.1. The highest BCUT2D eigenvalue weighted by Crippen LogP contribution is 2.51. The Morgan fingerprint density at radius 2 is 1.48 bits per heavy atom. The Morgan fingerprint density at radius 3 is 2.00 bits per heavy atom. The van der Waals surface area contributed by atoms with E-state index in [1.54, 1.807) is 19.7 Å². The predicted molar refractivity (Wildman–Crippen MR) is 95.3 cm³/mol. The largest absolute Gasteiger partial charge is 0.356 e. The monoisotopic (exact) mass is 331 g/mol. The van der Waals surface area contributed by atoms with Crippen LogP contribution in [0.15, 0.2) is 66.5 Å². The maximum absolute atomic E-state index is 12.8. The Bertz CT molecular complexity index is 661. The van der Waals surface area contributed by atoms with Gasteiger partial charge in [-0.25, -0.2) is 0 Å². The number of nitrogens with one attached hydrogen (secondary N) is 1. The molecule has 0 radical (unpaired) electrons. The van der Waals surface area contributed by atoms with Crippen LogP contribution in [0.5, 0.6) is 0 Å². The van der Waals surface area contributed by atoms with Crippen LogP contribution in [0.2, 0.25) is 0 Å². The molecule has 0 unspecified atom stereocenters. The van der Waals surface area contributed by atoms with Crippen LogP contribution in [0.4, 0.5) is 5.69 Å². The molecule has 0 aromatic heterocycles. The molecule has 0 spiro atoms. The molecule has 1 N–H and O–H groups in total. The molecule has 2 aromatic rings. The molecule has 0 atom stereocenters. The van der Waals surface area contributed by atoms with Crippen LogP contribution in [0.1, 0.15) is 19.4 Å². The first-order chi connectivity index (χ1) is 11.2. The second-order valence-electron chi connectivity index (χ2n) is 4.78. The van der Waals surface area contributed by atoms with Crippen molar-refractivity contribution in [2.45, 2.75) is 13.8 Å². The second-order valence-corrected chi connectivity index (χ2v) is 6.63. The summed E-state index contributed by atoms with van der Waals surface area (Å²) in [5.74, 6) is 1.56. The first-order valence-corrected chi connectivity index (χ1v) is 9.27. The summed E-state index contributed by atoms with van der Waals surface area (Å²) in [6.07, 6.45) is 0. The standard InChI is InChI=1S/C18H22NO3P/c1-3-21-23(20,22-4-2)15-18(16-11-7-5-8-12-16)19-17-13-9-6-10-14-17/h5-15,19H,3-4H2,1-2H3/b18-15-. The van der Waals surface area contributed by atoms with Crippen LogP contribution in [0, 0.1) is 0 Å². The molecule has 0 saturated carbocycles. The van der Waals surface area contributed by atoms with E-state index in [1.807, 2.05) is 60.7 Å². The van der Waals surface area contributed by atoms with Gasteiger partial charge in [-0.2, -0.15) is 0 Å². The highest BCUT2D eigenvalue weighted by molar-refractivity contribution is 7.57. The van der Waals surface area contributed by atoms with Crippen molar-refractivity contribution in [3.8, 4) is 0 Å². The molecule has 4 nitrogen and oxygen atoms in total. The molecule has 23 heavy (non-hydrogen) atoms. The van der Waals surface area contributed by atoms with E-state index < -0.39 is 7.60 Å². The lowest BCUT2D eigenvalue weighted by Gasteiger charge is -2.17. The zero-order chi connectivity index (χ0) is 16.5. The molecule has 0 aliphatic heterocycles. The summed E-state index contributed by atoms with van der Waals surface area (Å²) in [4.78, 5) is 0. The Morgan fingerprint density at radius 1 is 0.957 bits per heavy atom. The zero-order valence-electron chi connectivity index (χ0n) is 13.4. The molecule has 0 bridgehead atoms. The number of hydrogen-bond acceptors (Lipinski definition) is 4. The maximum atomic E-state index is 12.8. The number of hydrogen-bond donors (Lipinski definition) is 1. The van der Waals surface area contributed by atoms with Crippen molar-refractivity contribution < 1.29 is 13.6 Å². The minimum atomic E-state index is -3.30. The predicted octanol–water partition coefficient (Wildman–Crippen LogP) is 5.36. The van der Waals surface area contributed by atoms with Gasteiger partial charge in [-0.15, -0.1) is 0 Å². The quantitative estimate of drug-likeness (QED) is 0.661. The first kappa shape index (κ1) is 17.5. The normalized spacial score (nSPS) is 12.2. The molecule has 2 rings (SSSR count). The number of para-hydroxylation sites is 1. The van der Waals surface area contributed by atoms with E-state index in [-0.39, 0.29) is 0 Å². The molecular weight excluding hydrogens is 309 g/mol. The van der Waals surface area contributed by atoms with Crippen LogP contribution >= 0.6 is 7.60 Å². The Labute approximate surface area is 137 Å². The van der Waals surface area contributed by atoms with Gasteiger partial charge in [0.2, 0.25) is 0 Å². The maximum Gasteiger partial charge on any atom is 0.356 e. The first-order valence-electron chi connectivity index (χ1n) is 7.66. The van der Waals surface area contributed by atoms with Gasteiger partial charge < -0.3 is 14.4 Å². The van der Waals surface area contributed by atoms with Gasteiger partial charge in [-0.1, -0.05) is 48.5 Å². The van der Waals surface area contributed by atoms with Crippen LogP contribution in [-0.2, 0) is 13.6 Å². The number of anilines is 1. The smallest absolute Gasteiger partial charge is 0.355 e. The summed E-state index contributed by atoms with van der Waals surface area (Å²) in [6.45, 7) is 4.24. The van der Waals surface area contributed by atoms with E-state index in [0.717, 1.165) is 11.3 Å². The summed E-state index contributed by atoms with van der Waals surface area (Å²) < 4.78 is 23.6. The van der Waals surface area contributed by atoms with Crippen molar-refractivity contribution in [1.29, 1.82) is 0 Å². The Balaban J connectivity index is 2.40. The molecule has 0 heterocycles. The van der Waals surface area contributed by atoms with E-state index >= 15 is 0 Å². The van der Waals surface area contributed by atoms with E-state index in [9.17, 15) is 4.57 Å². The highest BCUT2D eigenvalue weighted by Gasteiger charge is 2.22. The van der Waals surface area contributed by atoms with Crippen LogP contribution < -0.4 is 5.32 Å². The molecule has 0 fully saturated rings. The second kappa shape index (κ2) is 8.68. The Hall–Kier alpha value is -1.87. The fourth-order valence-corrected chi connectivity index (χ4v) is 3.58. The van der Waals surface area contributed by atoms with Gasteiger partial charge in [0, 0.05) is 5.69 Å². The van der Waals surface area contributed by atoms with E-state index in [2.05, 4.69) is 5.32 Å². The van der Waals surface area contributed by atoms with Crippen molar-refractivity contribution in [2.24, 2.45) is 0 Å². The van der Waals surface area contributed by atoms with Gasteiger partial charge in [-0.3, -0.25) is 4.57 Å². The summed E-state index contributed by atoms with van der Waals surface area (Å²) >= 11 is 0. The molecule has 122 valence electrons. The molecule has 0 saturated heterocycles. The van der Waals surface area contributed by atoms with Crippen molar-refractivity contribution in [3.63, 3.8) is 0 Å². The van der Waals surface area contributed by atoms with Crippen molar-refractivity contribution in [3.05, 3.63) is 72.0 Å². The van der Waals surface area contributed by atoms with Gasteiger partial charge >= 0.3 is 7.60 Å². The van der Waals surface area contributed by atoms with Crippen LogP contribution in [0.25, 0.3) is 5.70 Å². The molecular formula is C18H22NO3P. The fraction of sp³-hybridized carbons (Fsp3) is 0.222. The molecule has 5 heteroatoms. The molecule has 0 amide bonds. The van der Waals surface area contributed by atoms with E-state index in [4.69, 9.17) is 9.05 Å². The molecule has 0 aliphatic carbocycles. The summed E-state index contributed by atoms with van der Waals surface area (Å²) in [6, 6.07) is 19.4. The van der Waals surface area contributed by atoms with Gasteiger partial charge in [0.1, 0.15) is 0 Å². The van der Waals surface area contributed by atoms with Crippen LogP contribution in [0.3, 0.4) is 0 Å². The topological polar surface area (TPSA) is 47.6 Å². The van der Waals surface area contributed by atoms with Crippen LogP contribution in [-0.4, -0.2) is 13.2 Å². The van der Waals surface area contributed by atoms with Crippen molar-refractivity contribution in [2.75, 3.05) is 18.5 Å². The molecule has 0 aliphatic rings. The minimum absolute atomic E-state index is 0.321. The molecule has 2 aromatic carbocycles. The lowest BCUT2D eigenvalue weighted by molar-refractivity contribution is 0.229. The third kappa shape index (κ3) is 5.36. The van der Waals surface area contributed by atoms with E-state index in [0.29, 0.717) is 18.9 Å². The zero-order valence-corrected chi connectivity index (χ0v) is 14.3. The lowest BCUT2D eigenvalue weighted by Crippen LogP contribution is -2.01. The highest BCUT2D eigenvalue weighted by atomic mass is 31.2. The summed E-state index contributed by atoms with van der Waals surface area (Å²) in [5.41, 5.74) is 2.51. The average Bonchev–Trinajstić information content (AvgIpc) is 2.56. The van der Waals surface area contributed by atoms with Gasteiger partial charge in [0.25, 0.3) is 0 Å². The third-order valence-electron chi connectivity index (χ3n) is 3.04. The SMILES string of the molecule is CCOP(=O)(/C=C(\Nc1ccccc1)c1ccccc1)OCC. The number of benzene rings is 2. The third-order valence-corrected chi connectivity index (χ3v) is 4.85. The fourth-order valence-electron chi connectivity index (χ4n) is 2.10. The van der Waals surface area contributed by atoms with Gasteiger partial charge in [0.05, 0.1) is 24.7 Å². The van der Waals surface area contributed by atoms with Crippen molar-refractivity contribution in [1.82, 2.24) is 0 Å². The van der Waals surface area contributed by atoms with E-state index in [1.165, 1.54) is 0 Å². The van der Waals surface area contributed by atoms with Gasteiger partial charge in [-0.05, 0) is 31.5 Å². The van der Waals surface area contributed by atoms with Gasteiger partial charge in [0.15, 0.2) is 0 Å². The summed E-state index contributed by atoms with van der Waals surface area (Å²) in [5, 5.41) is 3.30. The van der Waals surface area contributed by atoms with Crippen molar-refractivity contribution >= 4 is 19.0 Å². The number of rotatable bonds is 8.